The SMILES string of the molecule is COCCCS(=O)(=O)Cc1ccc(-c2ccc3c(c2)CCC2(CCN(C(C)(C)C)CC2)O3)nc1. The number of hydrogen-bond donors (Lipinski definition) is 0. The Morgan fingerprint density at radius 2 is 1.88 bits per heavy atom. The van der Waals surface area contributed by atoms with E-state index in [0.29, 0.717) is 18.6 Å². The second-order valence-electron chi connectivity index (χ2n) is 10.8. The summed E-state index contributed by atoms with van der Waals surface area (Å²) in [5.74, 6) is 1.14. The van der Waals surface area contributed by atoms with Crippen LogP contribution in [-0.2, 0) is 26.7 Å². The van der Waals surface area contributed by atoms with Gasteiger partial charge in [-0.3, -0.25) is 9.88 Å². The van der Waals surface area contributed by atoms with Crippen LogP contribution in [0.2, 0.25) is 0 Å². The molecular weight excluding hydrogens is 448 g/mol. The Balaban J connectivity index is 1.40. The van der Waals surface area contributed by atoms with Crippen LogP contribution in [0, 0.1) is 0 Å². The van der Waals surface area contributed by atoms with Gasteiger partial charge >= 0.3 is 0 Å². The van der Waals surface area contributed by atoms with Gasteiger partial charge in [-0.15, -0.1) is 0 Å². The summed E-state index contributed by atoms with van der Waals surface area (Å²) in [6.45, 7) is 9.46. The van der Waals surface area contributed by atoms with Crippen LogP contribution < -0.4 is 4.74 Å². The molecular formula is C27H38N2O4S. The Bertz CT molecular complexity index is 1080. The van der Waals surface area contributed by atoms with Crippen molar-refractivity contribution in [1.82, 2.24) is 9.88 Å². The summed E-state index contributed by atoms with van der Waals surface area (Å²) in [5.41, 5.74) is 4.00. The molecule has 1 saturated heterocycles. The fourth-order valence-corrected chi connectivity index (χ4v) is 6.43. The van der Waals surface area contributed by atoms with E-state index < -0.39 is 9.84 Å². The van der Waals surface area contributed by atoms with E-state index in [1.54, 1.807) is 13.3 Å². The van der Waals surface area contributed by atoms with Gasteiger partial charge in [-0.2, -0.15) is 0 Å². The van der Waals surface area contributed by atoms with Crippen molar-refractivity contribution in [2.75, 3.05) is 32.6 Å². The van der Waals surface area contributed by atoms with Crippen LogP contribution >= 0.6 is 0 Å². The lowest BCUT2D eigenvalue weighted by molar-refractivity contribution is -0.0355. The minimum absolute atomic E-state index is 0.0107. The fourth-order valence-electron chi connectivity index (χ4n) is 5.05. The van der Waals surface area contributed by atoms with Crippen molar-refractivity contribution < 1.29 is 17.9 Å². The van der Waals surface area contributed by atoms with Gasteiger partial charge in [0.25, 0.3) is 0 Å². The molecule has 0 amide bonds. The number of pyridine rings is 1. The molecule has 2 aliphatic rings. The Labute approximate surface area is 204 Å². The predicted molar refractivity (Wildman–Crippen MR) is 136 cm³/mol. The van der Waals surface area contributed by atoms with Gasteiger partial charge < -0.3 is 9.47 Å². The summed E-state index contributed by atoms with van der Waals surface area (Å²) in [7, 11) is -1.58. The minimum Gasteiger partial charge on any atom is -0.487 e. The van der Waals surface area contributed by atoms with Crippen molar-refractivity contribution in [2.45, 2.75) is 69.8 Å². The molecule has 0 atom stereocenters. The highest BCUT2D eigenvalue weighted by Gasteiger charge is 2.41. The zero-order valence-corrected chi connectivity index (χ0v) is 21.8. The molecule has 0 bridgehead atoms. The first-order chi connectivity index (χ1) is 16.1. The van der Waals surface area contributed by atoms with E-state index in [1.165, 1.54) is 5.56 Å². The van der Waals surface area contributed by atoms with Crippen LogP contribution in [0.3, 0.4) is 0 Å². The Kier molecular flexibility index (Phi) is 7.36. The van der Waals surface area contributed by atoms with Crippen LogP contribution in [0.15, 0.2) is 36.5 Å². The minimum atomic E-state index is -3.16. The first kappa shape index (κ1) is 25.1. The van der Waals surface area contributed by atoms with Crippen LogP contribution in [0.5, 0.6) is 5.75 Å². The summed E-state index contributed by atoms with van der Waals surface area (Å²) < 4.78 is 36.1. The third-order valence-corrected chi connectivity index (χ3v) is 8.85. The Morgan fingerprint density at radius 1 is 1.12 bits per heavy atom. The van der Waals surface area contributed by atoms with E-state index in [0.717, 1.165) is 55.8 Å². The van der Waals surface area contributed by atoms with Crippen LogP contribution in [0.4, 0.5) is 0 Å². The summed E-state index contributed by atoms with van der Waals surface area (Å²) in [4.78, 5) is 7.11. The second kappa shape index (κ2) is 9.96. The Morgan fingerprint density at radius 3 is 2.53 bits per heavy atom. The smallest absolute Gasteiger partial charge is 0.154 e. The van der Waals surface area contributed by atoms with E-state index >= 15 is 0 Å². The van der Waals surface area contributed by atoms with Gasteiger partial charge in [0.05, 0.1) is 17.2 Å². The molecule has 1 fully saturated rings. The van der Waals surface area contributed by atoms with Gasteiger partial charge in [-0.1, -0.05) is 6.07 Å². The number of benzene rings is 1. The molecule has 2 aliphatic heterocycles. The van der Waals surface area contributed by atoms with Gasteiger partial charge in [0, 0.05) is 44.1 Å². The molecule has 1 aromatic carbocycles. The normalized spacial score (nSPS) is 18.5. The predicted octanol–water partition coefficient (Wildman–Crippen LogP) is 4.66. The summed E-state index contributed by atoms with van der Waals surface area (Å²) in [6, 6.07) is 10.1. The zero-order chi connectivity index (χ0) is 24.4. The van der Waals surface area contributed by atoms with Crippen molar-refractivity contribution in [3.8, 4) is 17.0 Å². The van der Waals surface area contributed by atoms with Crippen molar-refractivity contribution in [1.29, 1.82) is 0 Å². The standard InChI is InChI=1S/C27H38N2O4S/c1-26(2,3)29-14-12-27(13-15-29)11-10-23-18-22(7-9-25(23)33-27)24-8-6-21(19-28-24)20-34(30,31)17-5-16-32-4/h6-9,18-19H,5,10-17,20H2,1-4H3. The monoisotopic (exact) mass is 486 g/mol. The van der Waals surface area contributed by atoms with Crippen molar-refractivity contribution in [3.63, 3.8) is 0 Å². The number of aromatic nitrogens is 1. The molecule has 7 heteroatoms. The lowest BCUT2D eigenvalue weighted by Gasteiger charge is -2.48. The maximum absolute atomic E-state index is 12.3. The maximum Gasteiger partial charge on any atom is 0.154 e. The quantitative estimate of drug-likeness (QED) is 0.531. The number of nitrogens with zero attached hydrogens (tertiary/aromatic N) is 2. The molecule has 0 radical (unpaired) electrons. The first-order valence-electron chi connectivity index (χ1n) is 12.3. The van der Waals surface area contributed by atoms with Gasteiger partial charge in [-0.05, 0) is 88.3 Å². The molecule has 6 nitrogen and oxygen atoms in total. The number of methoxy groups -OCH3 is 1. The molecule has 34 heavy (non-hydrogen) atoms. The Hall–Kier alpha value is -1.96. The van der Waals surface area contributed by atoms with Crippen LogP contribution in [0.1, 0.15) is 57.6 Å². The maximum atomic E-state index is 12.3. The summed E-state index contributed by atoms with van der Waals surface area (Å²) >= 11 is 0. The zero-order valence-electron chi connectivity index (χ0n) is 21.0. The highest BCUT2D eigenvalue weighted by Crippen LogP contribution is 2.41. The molecule has 186 valence electrons. The number of ether oxygens (including phenoxy) is 2. The van der Waals surface area contributed by atoms with E-state index in [1.807, 2.05) is 12.1 Å². The van der Waals surface area contributed by atoms with E-state index in [2.05, 4.69) is 48.9 Å². The molecule has 0 unspecified atom stereocenters. The third kappa shape index (κ3) is 5.99. The number of hydrogen-bond acceptors (Lipinski definition) is 6. The number of likely N-dealkylation sites (tertiary alicyclic amines) is 1. The van der Waals surface area contributed by atoms with Gasteiger partial charge in [0.2, 0.25) is 0 Å². The summed E-state index contributed by atoms with van der Waals surface area (Å²) in [6.07, 6.45) is 6.39. The summed E-state index contributed by atoms with van der Waals surface area (Å²) in [5, 5.41) is 0. The molecule has 0 saturated carbocycles. The van der Waals surface area contributed by atoms with Gasteiger partial charge in [0.15, 0.2) is 9.84 Å². The number of piperidine rings is 1. The molecule has 0 N–H and O–H groups in total. The number of fused-ring (bicyclic) bond motifs is 1. The van der Waals surface area contributed by atoms with Crippen molar-refractivity contribution >= 4 is 9.84 Å². The van der Waals surface area contributed by atoms with Gasteiger partial charge in [0.1, 0.15) is 11.4 Å². The molecule has 4 rings (SSSR count). The lowest BCUT2D eigenvalue weighted by Crippen LogP contribution is -2.54. The highest BCUT2D eigenvalue weighted by molar-refractivity contribution is 7.90. The number of sulfone groups is 1. The fraction of sp³-hybridized carbons (Fsp3) is 0.593. The van der Waals surface area contributed by atoms with Crippen molar-refractivity contribution in [3.05, 3.63) is 47.7 Å². The number of aryl methyl sites for hydroxylation is 1. The number of rotatable bonds is 7. The van der Waals surface area contributed by atoms with Crippen molar-refractivity contribution in [2.24, 2.45) is 0 Å². The van der Waals surface area contributed by atoms with E-state index in [-0.39, 0.29) is 22.6 Å². The third-order valence-electron chi connectivity index (χ3n) is 7.17. The average Bonchev–Trinajstić information content (AvgIpc) is 2.79. The lowest BCUT2D eigenvalue weighted by atomic mass is 9.81. The highest BCUT2D eigenvalue weighted by atomic mass is 32.2. The van der Waals surface area contributed by atoms with Gasteiger partial charge in [-0.25, -0.2) is 8.42 Å². The molecule has 3 heterocycles. The molecule has 1 spiro atoms. The van der Waals surface area contributed by atoms with E-state index in [9.17, 15) is 8.42 Å². The first-order valence-corrected chi connectivity index (χ1v) is 14.1. The molecule has 2 aromatic rings. The van der Waals surface area contributed by atoms with Crippen LogP contribution in [0.25, 0.3) is 11.3 Å². The van der Waals surface area contributed by atoms with E-state index in [4.69, 9.17) is 9.47 Å². The average molecular weight is 487 g/mol. The molecule has 0 aliphatic carbocycles. The van der Waals surface area contributed by atoms with Crippen LogP contribution in [-0.4, -0.2) is 62.0 Å². The second-order valence-corrected chi connectivity index (χ2v) is 12.9. The topological polar surface area (TPSA) is 68.7 Å². The largest absolute Gasteiger partial charge is 0.487 e. The molecule has 1 aromatic heterocycles.